The lowest BCUT2D eigenvalue weighted by Crippen LogP contribution is -2.33. The van der Waals surface area contributed by atoms with E-state index in [9.17, 15) is 4.79 Å². The number of carbonyl (C=O) groups is 1. The highest BCUT2D eigenvalue weighted by Gasteiger charge is 2.14. The van der Waals surface area contributed by atoms with Crippen LogP contribution in [-0.4, -0.2) is 18.2 Å². The van der Waals surface area contributed by atoms with Gasteiger partial charge in [0.1, 0.15) is 5.75 Å². The van der Waals surface area contributed by atoms with Crippen LogP contribution in [0.15, 0.2) is 52.0 Å². The van der Waals surface area contributed by atoms with Crippen molar-refractivity contribution in [3.63, 3.8) is 0 Å². The Labute approximate surface area is 152 Å². The van der Waals surface area contributed by atoms with E-state index >= 15 is 0 Å². The first kappa shape index (κ1) is 17.8. The van der Waals surface area contributed by atoms with Crippen molar-refractivity contribution < 1.29 is 9.53 Å². The lowest BCUT2D eigenvalue weighted by atomic mass is 10.2. The molecule has 0 bridgehead atoms. The molecular weight excluding hydrogens is 403 g/mol. The minimum Gasteiger partial charge on any atom is -0.481 e. The molecule has 0 spiro atoms. The summed E-state index contributed by atoms with van der Waals surface area (Å²) in [4.78, 5) is 11.9. The van der Waals surface area contributed by atoms with Gasteiger partial charge in [-0.3, -0.25) is 4.79 Å². The second-order valence-electron chi connectivity index (χ2n) is 4.58. The highest BCUT2D eigenvalue weighted by atomic mass is 79.9. The second kappa shape index (κ2) is 8.34. The fourth-order valence-electron chi connectivity index (χ4n) is 1.66. The SMILES string of the molecule is CC(Oc1ccc(Br)cc1)C(=O)N/N=C/c1c(Cl)cccc1Cl. The minimum atomic E-state index is -0.699. The molecule has 2 aromatic carbocycles. The molecule has 1 N–H and O–H groups in total. The number of amides is 1. The zero-order valence-corrected chi connectivity index (χ0v) is 15.2. The third-order valence-electron chi connectivity index (χ3n) is 2.86. The van der Waals surface area contributed by atoms with Crippen molar-refractivity contribution in [3.05, 3.63) is 62.5 Å². The van der Waals surface area contributed by atoms with Crippen LogP contribution >= 0.6 is 39.1 Å². The van der Waals surface area contributed by atoms with Crippen molar-refractivity contribution >= 4 is 51.3 Å². The zero-order valence-electron chi connectivity index (χ0n) is 12.1. The zero-order chi connectivity index (χ0) is 16.8. The Bertz CT molecular complexity index is 700. The van der Waals surface area contributed by atoms with Gasteiger partial charge in [0.15, 0.2) is 6.10 Å². The molecule has 1 atom stereocenters. The summed E-state index contributed by atoms with van der Waals surface area (Å²) < 4.78 is 6.46. The van der Waals surface area contributed by atoms with E-state index in [1.54, 1.807) is 37.3 Å². The molecule has 0 saturated heterocycles. The summed E-state index contributed by atoms with van der Waals surface area (Å²) in [6.07, 6.45) is 0.699. The molecule has 0 saturated carbocycles. The van der Waals surface area contributed by atoms with Crippen LogP contribution in [0.1, 0.15) is 12.5 Å². The van der Waals surface area contributed by atoms with E-state index in [2.05, 4.69) is 26.5 Å². The van der Waals surface area contributed by atoms with Crippen LogP contribution in [0.5, 0.6) is 5.75 Å². The van der Waals surface area contributed by atoms with Gasteiger partial charge in [0.2, 0.25) is 0 Å². The summed E-state index contributed by atoms with van der Waals surface area (Å²) in [7, 11) is 0. The number of benzene rings is 2. The average Bonchev–Trinajstić information content (AvgIpc) is 2.52. The molecule has 0 aliphatic carbocycles. The Kier molecular flexibility index (Phi) is 6.45. The van der Waals surface area contributed by atoms with Gasteiger partial charge >= 0.3 is 0 Å². The highest BCUT2D eigenvalue weighted by Crippen LogP contribution is 2.22. The number of nitrogens with one attached hydrogen (secondary N) is 1. The first-order chi connectivity index (χ1) is 11.0. The van der Waals surface area contributed by atoms with Gasteiger partial charge in [0.05, 0.1) is 16.3 Å². The largest absolute Gasteiger partial charge is 0.481 e. The average molecular weight is 416 g/mol. The van der Waals surface area contributed by atoms with E-state index in [1.165, 1.54) is 6.21 Å². The van der Waals surface area contributed by atoms with Gasteiger partial charge in [-0.05, 0) is 43.3 Å². The molecule has 120 valence electrons. The molecule has 0 radical (unpaired) electrons. The van der Waals surface area contributed by atoms with Gasteiger partial charge < -0.3 is 4.74 Å². The predicted octanol–water partition coefficient (Wildman–Crippen LogP) is 4.67. The highest BCUT2D eigenvalue weighted by molar-refractivity contribution is 9.10. The number of hydrogen-bond acceptors (Lipinski definition) is 3. The Morgan fingerprint density at radius 2 is 1.83 bits per heavy atom. The Morgan fingerprint density at radius 3 is 2.43 bits per heavy atom. The summed E-state index contributed by atoms with van der Waals surface area (Å²) in [6.45, 7) is 1.63. The van der Waals surface area contributed by atoms with Gasteiger partial charge in [-0.2, -0.15) is 5.10 Å². The van der Waals surface area contributed by atoms with Crippen molar-refractivity contribution in [2.24, 2.45) is 5.10 Å². The van der Waals surface area contributed by atoms with Crippen LogP contribution in [0.2, 0.25) is 10.0 Å². The predicted molar refractivity (Wildman–Crippen MR) is 96.4 cm³/mol. The smallest absolute Gasteiger partial charge is 0.280 e. The van der Waals surface area contributed by atoms with Crippen molar-refractivity contribution in [2.75, 3.05) is 0 Å². The van der Waals surface area contributed by atoms with Gasteiger partial charge in [-0.25, -0.2) is 5.43 Å². The van der Waals surface area contributed by atoms with Crippen LogP contribution in [0.25, 0.3) is 0 Å². The number of rotatable bonds is 5. The Morgan fingerprint density at radius 1 is 1.22 bits per heavy atom. The molecule has 0 fully saturated rings. The molecule has 0 aliphatic rings. The van der Waals surface area contributed by atoms with E-state index in [0.29, 0.717) is 21.4 Å². The van der Waals surface area contributed by atoms with Crippen LogP contribution in [0, 0.1) is 0 Å². The summed E-state index contributed by atoms with van der Waals surface area (Å²) in [5, 5.41) is 4.77. The molecular formula is C16H13BrCl2N2O2. The lowest BCUT2D eigenvalue weighted by Gasteiger charge is -2.12. The maximum atomic E-state index is 11.9. The van der Waals surface area contributed by atoms with Gasteiger partial charge in [-0.15, -0.1) is 0 Å². The molecule has 1 amide bonds. The van der Waals surface area contributed by atoms with E-state index < -0.39 is 6.10 Å². The first-order valence-corrected chi connectivity index (χ1v) is 8.21. The van der Waals surface area contributed by atoms with Gasteiger partial charge in [-0.1, -0.05) is 45.2 Å². The van der Waals surface area contributed by atoms with Crippen molar-refractivity contribution in [3.8, 4) is 5.75 Å². The van der Waals surface area contributed by atoms with Crippen molar-refractivity contribution in [2.45, 2.75) is 13.0 Å². The molecule has 2 aromatic rings. The maximum Gasteiger partial charge on any atom is 0.280 e. The third-order valence-corrected chi connectivity index (χ3v) is 4.05. The van der Waals surface area contributed by atoms with Gasteiger partial charge in [0.25, 0.3) is 5.91 Å². The molecule has 2 rings (SSSR count). The van der Waals surface area contributed by atoms with E-state index in [1.807, 2.05) is 12.1 Å². The first-order valence-electron chi connectivity index (χ1n) is 6.66. The standard InChI is InChI=1S/C16H13BrCl2N2O2/c1-10(23-12-7-5-11(17)6-8-12)16(22)21-20-9-13-14(18)3-2-4-15(13)19/h2-10H,1H3,(H,21,22)/b20-9+. The summed E-state index contributed by atoms with van der Waals surface area (Å²) in [5.41, 5.74) is 2.94. The fraction of sp³-hybridized carbons (Fsp3) is 0.125. The Balaban J connectivity index is 1.93. The fourth-order valence-corrected chi connectivity index (χ4v) is 2.42. The van der Waals surface area contributed by atoms with Crippen LogP contribution in [0.3, 0.4) is 0 Å². The normalized spacial score (nSPS) is 12.2. The number of ether oxygens (including phenoxy) is 1. The van der Waals surface area contributed by atoms with Gasteiger partial charge in [0, 0.05) is 10.0 Å². The number of hydrazone groups is 1. The van der Waals surface area contributed by atoms with E-state index in [-0.39, 0.29) is 5.91 Å². The third kappa shape index (κ3) is 5.23. The quantitative estimate of drug-likeness (QED) is 0.569. The second-order valence-corrected chi connectivity index (χ2v) is 6.31. The summed E-state index contributed by atoms with van der Waals surface area (Å²) in [5.74, 6) is 0.210. The number of carbonyl (C=O) groups excluding carboxylic acids is 1. The molecule has 23 heavy (non-hydrogen) atoms. The van der Waals surface area contributed by atoms with Crippen molar-refractivity contribution in [1.82, 2.24) is 5.43 Å². The molecule has 1 unspecified atom stereocenters. The minimum absolute atomic E-state index is 0.382. The molecule has 4 nitrogen and oxygen atoms in total. The summed E-state index contributed by atoms with van der Waals surface area (Å²) >= 11 is 15.4. The number of hydrogen-bond donors (Lipinski definition) is 1. The molecule has 0 aliphatic heterocycles. The lowest BCUT2D eigenvalue weighted by molar-refractivity contribution is -0.127. The Hall–Kier alpha value is -1.56. The maximum absolute atomic E-state index is 11.9. The molecule has 7 heteroatoms. The van der Waals surface area contributed by atoms with Crippen molar-refractivity contribution in [1.29, 1.82) is 0 Å². The monoisotopic (exact) mass is 414 g/mol. The van der Waals surface area contributed by atoms with E-state index in [4.69, 9.17) is 27.9 Å². The number of halogens is 3. The molecule has 0 heterocycles. The van der Waals surface area contributed by atoms with Crippen LogP contribution < -0.4 is 10.2 Å². The van der Waals surface area contributed by atoms with Crippen LogP contribution in [0.4, 0.5) is 0 Å². The topological polar surface area (TPSA) is 50.7 Å². The summed E-state index contributed by atoms with van der Waals surface area (Å²) in [6, 6.07) is 12.3. The number of nitrogens with zero attached hydrogens (tertiary/aromatic N) is 1. The van der Waals surface area contributed by atoms with Crippen LogP contribution in [-0.2, 0) is 4.79 Å². The molecule has 0 aromatic heterocycles. The van der Waals surface area contributed by atoms with E-state index in [0.717, 1.165) is 4.47 Å².